The van der Waals surface area contributed by atoms with Crippen LogP contribution in [-0.4, -0.2) is 49.5 Å². The number of aryl methyl sites for hydroxylation is 2. The largest absolute Gasteiger partial charge is 0.350 e. The highest BCUT2D eigenvalue weighted by Gasteiger charge is 2.31. The minimum absolute atomic E-state index is 0.162. The van der Waals surface area contributed by atoms with E-state index in [-0.39, 0.29) is 12.5 Å². The zero-order valence-electron chi connectivity index (χ0n) is 20.8. The van der Waals surface area contributed by atoms with Crippen LogP contribution in [0.5, 0.6) is 0 Å². The number of hydrogen-bond acceptors (Lipinski definition) is 4. The van der Waals surface area contributed by atoms with Crippen LogP contribution in [0.3, 0.4) is 0 Å². The van der Waals surface area contributed by atoms with Gasteiger partial charge in [-0.3, -0.25) is 13.9 Å². The van der Waals surface area contributed by atoms with Crippen LogP contribution >= 0.6 is 15.9 Å². The minimum Gasteiger partial charge on any atom is -0.350 e. The predicted octanol–water partition coefficient (Wildman–Crippen LogP) is 4.16. The summed E-state index contributed by atoms with van der Waals surface area (Å²) in [6, 6.07) is 12.1. The molecule has 0 bridgehead atoms. The van der Waals surface area contributed by atoms with E-state index in [2.05, 4.69) is 21.2 Å². The number of carbonyl (C=O) groups is 2. The number of sulfonamides is 1. The summed E-state index contributed by atoms with van der Waals surface area (Å²) in [7, 11) is -3.76. The van der Waals surface area contributed by atoms with E-state index in [1.807, 2.05) is 64.1 Å². The average Bonchev–Trinajstić information content (AvgIpc) is 2.70. The highest BCUT2D eigenvalue weighted by atomic mass is 79.9. The fourth-order valence-corrected chi connectivity index (χ4v) is 4.59. The number of benzene rings is 2. The number of anilines is 1. The fraction of sp³-hybridized carbons (Fsp3) is 0.440. The van der Waals surface area contributed by atoms with Crippen LogP contribution in [0.4, 0.5) is 5.69 Å². The second-order valence-electron chi connectivity index (χ2n) is 9.62. The molecule has 0 saturated carbocycles. The summed E-state index contributed by atoms with van der Waals surface area (Å²) in [6.45, 7) is 10.7. The van der Waals surface area contributed by atoms with Crippen LogP contribution in [0.25, 0.3) is 0 Å². The SMILES string of the molecule is Cc1ccc(C)c(N(CC(=O)N(Cc2ccc(Br)cc2)C(C)C(=O)NC(C)(C)C)S(C)(=O)=O)c1. The van der Waals surface area contributed by atoms with Crippen molar-refractivity contribution in [1.29, 1.82) is 0 Å². The van der Waals surface area contributed by atoms with E-state index in [0.29, 0.717) is 5.69 Å². The zero-order chi connectivity index (χ0) is 25.8. The molecule has 186 valence electrons. The van der Waals surface area contributed by atoms with Crippen molar-refractivity contribution < 1.29 is 18.0 Å². The van der Waals surface area contributed by atoms with Crippen LogP contribution in [0, 0.1) is 13.8 Å². The lowest BCUT2D eigenvalue weighted by Crippen LogP contribution is -2.54. The molecule has 9 heteroatoms. The van der Waals surface area contributed by atoms with Gasteiger partial charge in [-0.2, -0.15) is 0 Å². The molecule has 1 N–H and O–H groups in total. The number of hydrogen-bond donors (Lipinski definition) is 1. The molecule has 0 radical (unpaired) electrons. The van der Waals surface area contributed by atoms with Crippen molar-refractivity contribution in [3.63, 3.8) is 0 Å². The summed E-state index contributed by atoms with van der Waals surface area (Å²) >= 11 is 3.40. The molecule has 0 aliphatic rings. The Morgan fingerprint density at radius 3 is 2.18 bits per heavy atom. The molecular weight excluding hydrogens is 518 g/mol. The van der Waals surface area contributed by atoms with Crippen molar-refractivity contribution in [2.24, 2.45) is 0 Å². The van der Waals surface area contributed by atoms with Gasteiger partial charge in [-0.05, 0) is 76.4 Å². The number of nitrogens with one attached hydrogen (secondary N) is 1. The molecule has 0 aromatic heterocycles. The van der Waals surface area contributed by atoms with Gasteiger partial charge in [-0.15, -0.1) is 0 Å². The highest BCUT2D eigenvalue weighted by molar-refractivity contribution is 9.10. The first-order chi connectivity index (χ1) is 15.6. The minimum atomic E-state index is -3.76. The molecule has 7 nitrogen and oxygen atoms in total. The van der Waals surface area contributed by atoms with E-state index in [4.69, 9.17) is 0 Å². The summed E-state index contributed by atoms with van der Waals surface area (Å²) in [5, 5.41) is 2.91. The highest BCUT2D eigenvalue weighted by Crippen LogP contribution is 2.25. The molecule has 2 aromatic carbocycles. The lowest BCUT2D eigenvalue weighted by atomic mass is 10.1. The second kappa shape index (κ2) is 10.9. The smallest absolute Gasteiger partial charge is 0.244 e. The summed E-state index contributed by atoms with van der Waals surface area (Å²) < 4.78 is 27.4. The maximum absolute atomic E-state index is 13.6. The molecule has 34 heavy (non-hydrogen) atoms. The monoisotopic (exact) mass is 551 g/mol. The van der Waals surface area contributed by atoms with E-state index in [0.717, 1.165) is 31.7 Å². The van der Waals surface area contributed by atoms with Crippen molar-refractivity contribution in [3.05, 3.63) is 63.6 Å². The lowest BCUT2D eigenvalue weighted by molar-refractivity contribution is -0.140. The summed E-state index contributed by atoms with van der Waals surface area (Å²) in [4.78, 5) is 28.0. The Hall–Kier alpha value is -2.39. The summed E-state index contributed by atoms with van der Waals surface area (Å²) in [6.07, 6.45) is 1.08. The molecule has 0 fully saturated rings. The van der Waals surface area contributed by atoms with Gasteiger partial charge in [-0.1, -0.05) is 40.2 Å². The van der Waals surface area contributed by atoms with Gasteiger partial charge in [0, 0.05) is 16.6 Å². The average molecular weight is 553 g/mol. The standard InChI is InChI=1S/C25H34BrN3O4S/c1-17-8-9-18(2)22(14-17)29(34(7,32)33)16-23(30)28(15-20-10-12-21(26)13-11-20)19(3)24(31)27-25(4,5)6/h8-14,19H,15-16H2,1-7H3,(H,27,31). The number of halogens is 1. The van der Waals surface area contributed by atoms with Crippen LogP contribution in [-0.2, 0) is 26.2 Å². The van der Waals surface area contributed by atoms with Crippen LogP contribution in [0.15, 0.2) is 46.9 Å². The van der Waals surface area contributed by atoms with Crippen molar-refractivity contribution in [1.82, 2.24) is 10.2 Å². The van der Waals surface area contributed by atoms with Gasteiger partial charge in [0.05, 0.1) is 11.9 Å². The van der Waals surface area contributed by atoms with Gasteiger partial charge < -0.3 is 10.2 Å². The third-order valence-electron chi connectivity index (χ3n) is 5.24. The molecule has 2 rings (SSSR count). The van der Waals surface area contributed by atoms with Crippen molar-refractivity contribution in [2.45, 2.75) is 59.7 Å². The molecular formula is C25H34BrN3O4S. The Balaban J connectivity index is 2.44. The number of carbonyl (C=O) groups excluding carboxylic acids is 2. The number of amides is 2. The van der Waals surface area contributed by atoms with E-state index in [1.54, 1.807) is 19.9 Å². The predicted molar refractivity (Wildman–Crippen MR) is 140 cm³/mol. The first-order valence-electron chi connectivity index (χ1n) is 11.0. The Bertz CT molecular complexity index is 1140. The van der Waals surface area contributed by atoms with E-state index in [1.165, 1.54) is 4.90 Å². The van der Waals surface area contributed by atoms with E-state index < -0.39 is 34.1 Å². The Kier molecular flexibility index (Phi) is 8.93. The zero-order valence-corrected chi connectivity index (χ0v) is 23.2. The van der Waals surface area contributed by atoms with Crippen LogP contribution in [0.1, 0.15) is 44.4 Å². The number of rotatable bonds is 8. The first kappa shape index (κ1) is 27.9. The van der Waals surface area contributed by atoms with Gasteiger partial charge in [0.1, 0.15) is 12.6 Å². The van der Waals surface area contributed by atoms with Crippen LogP contribution < -0.4 is 9.62 Å². The maximum Gasteiger partial charge on any atom is 0.244 e. The van der Waals surface area contributed by atoms with Crippen molar-refractivity contribution in [3.8, 4) is 0 Å². The number of nitrogens with zero attached hydrogens (tertiary/aromatic N) is 2. The molecule has 0 spiro atoms. The third kappa shape index (κ3) is 7.84. The van der Waals surface area contributed by atoms with Gasteiger partial charge in [0.15, 0.2) is 0 Å². The summed E-state index contributed by atoms with van der Waals surface area (Å²) in [5.41, 5.74) is 2.42. The van der Waals surface area contributed by atoms with Gasteiger partial charge in [0.2, 0.25) is 21.8 Å². The second-order valence-corrected chi connectivity index (χ2v) is 12.4. The Labute approximate surface area is 211 Å². The molecule has 1 atom stereocenters. The molecule has 0 saturated heterocycles. The van der Waals surface area contributed by atoms with Gasteiger partial charge in [0.25, 0.3) is 0 Å². The molecule has 0 aliphatic carbocycles. The lowest BCUT2D eigenvalue weighted by Gasteiger charge is -2.33. The third-order valence-corrected chi connectivity index (χ3v) is 6.90. The van der Waals surface area contributed by atoms with Gasteiger partial charge in [-0.25, -0.2) is 8.42 Å². The topological polar surface area (TPSA) is 86.8 Å². The van der Waals surface area contributed by atoms with E-state index in [9.17, 15) is 18.0 Å². The molecule has 2 amide bonds. The molecule has 0 heterocycles. The van der Waals surface area contributed by atoms with Gasteiger partial charge >= 0.3 is 0 Å². The fourth-order valence-electron chi connectivity index (χ4n) is 3.43. The Morgan fingerprint density at radius 1 is 1.06 bits per heavy atom. The van der Waals surface area contributed by atoms with Crippen LogP contribution in [0.2, 0.25) is 0 Å². The molecule has 1 unspecified atom stereocenters. The Morgan fingerprint density at radius 2 is 1.65 bits per heavy atom. The molecule has 0 aliphatic heterocycles. The van der Waals surface area contributed by atoms with Crippen molar-refractivity contribution in [2.75, 3.05) is 17.1 Å². The van der Waals surface area contributed by atoms with Crippen molar-refractivity contribution >= 4 is 43.5 Å². The quantitative estimate of drug-likeness (QED) is 0.533. The molecule has 2 aromatic rings. The normalized spacial score (nSPS) is 12.7. The first-order valence-corrected chi connectivity index (χ1v) is 13.6. The van der Waals surface area contributed by atoms with E-state index >= 15 is 0 Å². The maximum atomic E-state index is 13.6. The summed E-state index contributed by atoms with van der Waals surface area (Å²) in [5.74, 6) is -0.776.